The predicted molar refractivity (Wildman–Crippen MR) is 82.2 cm³/mol. The van der Waals surface area contributed by atoms with Crippen LogP contribution in [0.4, 0.5) is 11.4 Å². The van der Waals surface area contributed by atoms with Gasteiger partial charge in [-0.05, 0) is 24.6 Å². The number of hydrogen-bond acceptors (Lipinski definition) is 3. The number of anilines is 2. The van der Waals surface area contributed by atoms with Crippen molar-refractivity contribution in [2.75, 3.05) is 11.5 Å². The van der Waals surface area contributed by atoms with E-state index in [9.17, 15) is 4.79 Å². The van der Waals surface area contributed by atoms with Gasteiger partial charge in [0.25, 0.3) is 0 Å². The van der Waals surface area contributed by atoms with Crippen molar-refractivity contribution in [2.24, 2.45) is 0 Å². The molecule has 0 fully saturated rings. The molecule has 106 valence electrons. The summed E-state index contributed by atoms with van der Waals surface area (Å²) in [6.07, 6.45) is 9.09. The molecule has 0 atom stereocenters. The Kier molecular flexibility index (Phi) is 7.01. The number of hydrogen-bond donors (Lipinski definition) is 2. The van der Waals surface area contributed by atoms with Crippen LogP contribution in [0.25, 0.3) is 0 Å². The maximum absolute atomic E-state index is 12.0. The molecule has 0 heterocycles. The van der Waals surface area contributed by atoms with E-state index in [1.165, 1.54) is 32.1 Å². The van der Waals surface area contributed by atoms with E-state index >= 15 is 0 Å². The molecule has 3 nitrogen and oxygen atoms in total. The zero-order valence-electron chi connectivity index (χ0n) is 12.0. The molecule has 3 heteroatoms. The molecule has 4 N–H and O–H groups in total. The van der Waals surface area contributed by atoms with Gasteiger partial charge in [0.2, 0.25) is 0 Å². The Labute approximate surface area is 116 Å². The number of ketones is 1. The van der Waals surface area contributed by atoms with Gasteiger partial charge in [-0.15, -0.1) is 0 Å². The van der Waals surface area contributed by atoms with E-state index in [0.29, 0.717) is 23.4 Å². The van der Waals surface area contributed by atoms with E-state index in [1.54, 1.807) is 18.2 Å². The van der Waals surface area contributed by atoms with Gasteiger partial charge in [-0.2, -0.15) is 0 Å². The van der Waals surface area contributed by atoms with Crippen molar-refractivity contribution in [3.63, 3.8) is 0 Å². The van der Waals surface area contributed by atoms with E-state index in [-0.39, 0.29) is 5.78 Å². The Hall–Kier alpha value is -1.51. The van der Waals surface area contributed by atoms with Crippen LogP contribution in [-0.2, 0) is 0 Å². The summed E-state index contributed by atoms with van der Waals surface area (Å²) in [5, 5.41) is 0. The van der Waals surface area contributed by atoms with E-state index < -0.39 is 0 Å². The first-order chi connectivity index (χ1) is 9.15. The Bertz CT molecular complexity index is 402. The van der Waals surface area contributed by atoms with Crippen molar-refractivity contribution in [3.05, 3.63) is 23.8 Å². The molecule has 0 amide bonds. The Morgan fingerprint density at radius 2 is 1.63 bits per heavy atom. The maximum Gasteiger partial charge on any atom is 0.164 e. The average Bonchev–Trinajstić information content (AvgIpc) is 2.37. The van der Waals surface area contributed by atoms with E-state index in [4.69, 9.17) is 11.5 Å². The van der Waals surface area contributed by atoms with Crippen molar-refractivity contribution < 1.29 is 4.79 Å². The topological polar surface area (TPSA) is 69.1 Å². The fourth-order valence-corrected chi connectivity index (χ4v) is 2.21. The van der Waals surface area contributed by atoms with Gasteiger partial charge >= 0.3 is 0 Å². The molecule has 0 saturated heterocycles. The molecule has 0 saturated carbocycles. The minimum absolute atomic E-state index is 0.131. The Morgan fingerprint density at radius 1 is 1.00 bits per heavy atom. The molecule has 1 aromatic rings. The largest absolute Gasteiger partial charge is 0.399 e. The van der Waals surface area contributed by atoms with Crippen LogP contribution < -0.4 is 11.5 Å². The van der Waals surface area contributed by atoms with Crippen molar-refractivity contribution in [1.82, 2.24) is 0 Å². The highest BCUT2D eigenvalue weighted by Crippen LogP contribution is 2.19. The summed E-state index contributed by atoms with van der Waals surface area (Å²) < 4.78 is 0. The summed E-state index contributed by atoms with van der Waals surface area (Å²) in [6.45, 7) is 2.22. The molecule has 0 aliphatic rings. The van der Waals surface area contributed by atoms with Crippen LogP contribution in [0.5, 0.6) is 0 Å². The van der Waals surface area contributed by atoms with Gasteiger partial charge in [-0.25, -0.2) is 0 Å². The first-order valence-corrected chi connectivity index (χ1v) is 7.33. The predicted octanol–water partition coefficient (Wildman–Crippen LogP) is 4.17. The second-order valence-electron chi connectivity index (χ2n) is 5.14. The highest BCUT2D eigenvalue weighted by molar-refractivity contribution is 6.01. The molecule has 0 radical (unpaired) electrons. The number of unbranched alkanes of at least 4 members (excludes halogenated alkanes) is 6. The number of nitrogen functional groups attached to an aromatic ring is 2. The van der Waals surface area contributed by atoms with Gasteiger partial charge in [-0.3, -0.25) is 4.79 Å². The van der Waals surface area contributed by atoms with Crippen LogP contribution in [0.15, 0.2) is 18.2 Å². The second-order valence-corrected chi connectivity index (χ2v) is 5.14. The smallest absolute Gasteiger partial charge is 0.164 e. The van der Waals surface area contributed by atoms with Crippen LogP contribution in [0, 0.1) is 0 Å². The summed E-state index contributed by atoms with van der Waals surface area (Å²) in [7, 11) is 0. The highest BCUT2D eigenvalue weighted by Gasteiger charge is 2.09. The molecule has 0 spiro atoms. The van der Waals surface area contributed by atoms with E-state index in [1.807, 2.05) is 0 Å². The minimum Gasteiger partial charge on any atom is -0.399 e. The minimum atomic E-state index is 0.131. The fourth-order valence-electron chi connectivity index (χ4n) is 2.21. The van der Waals surface area contributed by atoms with E-state index in [0.717, 1.165) is 12.8 Å². The van der Waals surface area contributed by atoms with Crippen LogP contribution in [-0.4, -0.2) is 5.78 Å². The lowest BCUT2D eigenvalue weighted by Gasteiger charge is -2.06. The molecule has 19 heavy (non-hydrogen) atoms. The van der Waals surface area contributed by atoms with Crippen LogP contribution >= 0.6 is 0 Å². The Morgan fingerprint density at radius 3 is 2.26 bits per heavy atom. The summed E-state index contributed by atoms with van der Waals surface area (Å²) >= 11 is 0. The number of benzene rings is 1. The molecular weight excluding hydrogens is 236 g/mol. The number of nitrogens with two attached hydrogens (primary N) is 2. The molecule has 0 unspecified atom stereocenters. The van der Waals surface area contributed by atoms with Gasteiger partial charge < -0.3 is 11.5 Å². The number of carbonyl (C=O) groups excluding carboxylic acids is 1. The molecule has 0 bridgehead atoms. The molecule has 0 aliphatic heterocycles. The lowest BCUT2D eigenvalue weighted by atomic mass is 10.0. The second kappa shape index (κ2) is 8.57. The van der Waals surface area contributed by atoms with Gasteiger partial charge in [-0.1, -0.05) is 45.4 Å². The summed E-state index contributed by atoms with van der Waals surface area (Å²) in [5.41, 5.74) is 13.1. The number of Topliss-reactive ketones (excluding diaryl/α,β-unsaturated/α-hetero) is 1. The molecular formula is C16H26N2O. The van der Waals surface area contributed by atoms with Crippen molar-refractivity contribution >= 4 is 17.2 Å². The SMILES string of the molecule is CCCCCCCCCC(=O)c1ccc(N)cc1N. The van der Waals surface area contributed by atoms with Gasteiger partial charge in [0, 0.05) is 23.4 Å². The standard InChI is InChI=1S/C16H26N2O/c1-2-3-4-5-6-7-8-9-16(19)14-11-10-13(17)12-15(14)18/h10-12H,2-9,17-18H2,1H3. The highest BCUT2D eigenvalue weighted by atomic mass is 16.1. The first kappa shape index (κ1) is 15.5. The zero-order chi connectivity index (χ0) is 14.1. The monoisotopic (exact) mass is 262 g/mol. The van der Waals surface area contributed by atoms with Crippen LogP contribution in [0.2, 0.25) is 0 Å². The van der Waals surface area contributed by atoms with Gasteiger partial charge in [0.15, 0.2) is 5.78 Å². The summed E-state index contributed by atoms with van der Waals surface area (Å²) in [5.74, 6) is 0.131. The molecule has 0 aromatic heterocycles. The van der Waals surface area contributed by atoms with Crippen LogP contribution in [0.1, 0.15) is 68.6 Å². The summed E-state index contributed by atoms with van der Waals surface area (Å²) in [6, 6.07) is 5.11. The van der Waals surface area contributed by atoms with E-state index in [2.05, 4.69) is 6.92 Å². The lowest BCUT2D eigenvalue weighted by Crippen LogP contribution is -2.04. The number of carbonyl (C=O) groups is 1. The Balaban J connectivity index is 2.24. The van der Waals surface area contributed by atoms with Crippen molar-refractivity contribution in [2.45, 2.75) is 58.3 Å². The van der Waals surface area contributed by atoms with Crippen molar-refractivity contribution in [3.8, 4) is 0 Å². The number of rotatable bonds is 9. The first-order valence-electron chi connectivity index (χ1n) is 7.33. The summed E-state index contributed by atoms with van der Waals surface area (Å²) in [4.78, 5) is 12.0. The average molecular weight is 262 g/mol. The third-order valence-electron chi connectivity index (χ3n) is 3.38. The third kappa shape index (κ3) is 5.77. The zero-order valence-corrected chi connectivity index (χ0v) is 12.0. The normalized spacial score (nSPS) is 10.6. The van der Waals surface area contributed by atoms with Gasteiger partial charge in [0.1, 0.15) is 0 Å². The van der Waals surface area contributed by atoms with Crippen LogP contribution in [0.3, 0.4) is 0 Å². The maximum atomic E-state index is 12.0. The van der Waals surface area contributed by atoms with Gasteiger partial charge in [0.05, 0.1) is 0 Å². The lowest BCUT2D eigenvalue weighted by molar-refractivity contribution is 0.0980. The molecule has 1 rings (SSSR count). The quantitative estimate of drug-likeness (QED) is 0.398. The third-order valence-corrected chi connectivity index (χ3v) is 3.38. The molecule has 0 aliphatic carbocycles. The van der Waals surface area contributed by atoms with Crippen molar-refractivity contribution in [1.29, 1.82) is 0 Å². The molecule has 1 aromatic carbocycles. The fraction of sp³-hybridized carbons (Fsp3) is 0.562.